The van der Waals surface area contributed by atoms with Gasteiger partial charge in [-0.05, 0) is 37.8 Å². The van der Waals surface area contributed by atoms with Crippen LogP contribution in [0.15, 0.2) is 42.9 Å². The van der Waals surface area contributed by atoms with Crippen LogP contribution >= 0.6 is 0 Å². The summed E-state index contributed by atoms with van der Waals surface area (Å²) in [5.41, 5.74) is 3.29. The SMILES string of the molecule is COc1c(-c2cnn(CC3(C(=O)O)CC3)c2)cccc1-c1nn(C)c2cnc(NC(=O)C3CC3)cc12. The van der Waals surface area contributed by atoms with E-state index in [4.69, 9.17) is 9.84 Å². The number of fused-ring (bicyclic) bond motifs is 1. The van der Waals surface area contributed by atoms with E-state index in [-0.39, 0.29) is 11.8 Å². The minimum absolute atomic E-state index is 0.000226. The Morgan fingerprint density at radius 2 is 2.00 bits per heavy atom. The third kappa shape index (κ3) is 3.78. The van der Waals surface area contributed by atoms with E-state index in [1.165, 1.54) is 0 Å². The van der Waals surface area contributed by atoms with Crippen LogP contribution in [0.2, 0.25) is 0 Å². The van der Waals surface area contributed by atoms with Crippen molar-refractivity contribution >= 4 is 28.6 Å². The number of nitrogens with one attached hydrogen (secondary N) is 1. The Labute approximate surface area is 206 Å². The summed E-state index contributed by atoms with van der Waals surface area (Å²) in [5, 5.41) is 22.5. The second-order valence-corrected chi connectivity index (χ2v) is 9.72. The number of amides is 1. The van der Waals surface area contributed by atoms with Crippen LogP contribution in [0.25, 0.3) is 33.3 Å². The molecule has 0 bridgehead atoms. The Hall–Kier alpha value is -4.21. The van der Waals surface area contributed by atoms with E-state index in [9.17, 15) is 14.7 Å². The van der Waals surface area contributed by atoms with Gasteiger partial charge in [0.1, 0.15) is 17.3 Å². The van der Waals surface area contributed by atoms with Gasteiger partial charge in [0.15, 0.2) is 0 Å². The van der Waals surface area contributed by atoms with E-state index in [1.807, 2.05) is 37.5 Å². The molecule has 184 valence electrons. The number of nitrogens with zero attached hydrogens (tertiary/aromatic N) is 5. The van der Waals surface area contributed by atoms with Gasteiger partial charge >= 0.3 is 5.97 Å². The molecule has 0 aliphatic heterocycles. The Bertz CT molecular complexity index is 1510. The maximum absolute atomic E-state index is 12.3. The van der Waals surface area contributed by atoms with Crippen LogP contribution in [0, 0.1) is 11.3 Å². The molecule has 3 aromatic heterocycles. The molecule has 1 aromatic carbocycles. The van der Waals surface area contributed by atoms with Gasteiger partial charge in [0.05, 0.1) is 37.0 Å². The van der Waals surface area contributed by atoms with Gasteiger partial charge < -0.3 is 15.2 Å². The number of carboxylic acid groups (broad SMARTS) is 1. The standard InChI is InChI=1S/C26H26N6O4/c1-31-20-12-27-21(29-24(33)15-6-7-15)10-19(20)22(30-31)18-5-3-4-17(23(18)36-2)16-11-28-32(13-16)14-26(8-9-26)25(34)35/h3-5,10-13,15H,6-9,14H2,1-2H3,(H,34,35)(H,27,29,33). The molecule has 6 rings (SSSR count). The molecule has 2 N–H and O–H groups in total. The molecule has 0 unspecified atom stereocenters. The molecule has 0 atom stereocenters. The second kappa shape index (κ2) is 8.18. The van der Waals surface area contributed by atoms with Crippen molar-refractivity contribution in [1.29, 1.82) is 0 Å². The van der Waals surface area contributed by atoms with Gasteiger partial charge in [0, 0.05) is 41.2 Å². The van der Waals surface area contributed by atoms with E-state index >= 15 is 0 Å². The third-order valence-electron chi connectivity index (χ3n) is 7.13. The Kier molecular flexibility index (Phi) is 5.06. The number of pyridine rings is 1. The summed E-state index contributed by atoms with van der Waals surface area (Å²) < 4.78 is 9.33. The zero-order chi connectivity index (χ0) is 25.0. The first kappa shape index (κ1) is 22.3. The van der Waals surface area contributed by atoms with Crippen molar-refractivity contribution in [1.82, 2.24) is 24.5 Å². The zero-order valence-corrected chi connectivity index (χ0v) is 20.1. The topological polar surface area (TPSA) is 124 Å². The van der Waals surface area contributed by atoms with Crippen LogP contribution < -0.4 is 10.1 Å². The molecule has 0 radical (unpaired) electrons. The number of rotatable bonds is 8. The number of aliphatic carboxylic acids is 1. The number of carboxylic acids is 1. The van der Waals surface area contributed by atoms with Gasteiger partial charge in [-0.25, -0.2) is 4.98 Å². The first-order valence-electron chi connectivity index (χ1n) is 12.0. The smallest absolute Gasteiger partial charge is 0.311 e. The van der Waals surface area contributed by atoms with Crippen molar-refractivity contribution in [3.05, 3.63) is 42.9 Å². The van der Waals surface area contributed by atoms with E-state index in [1.54, 1.807) is 28.9 Å². The normalized spacial score (nSPS) is 16.2. The summed E-state index contributed by atoms with van der Waals surface area (Å²) in [5.74, 6) is 0.441. The summed E-state index contributed by atoms with van der Waals surface area (Å²) in [6, 6.07) is 7.67. The number of hydrogen-bond donors (Lipinski definition) is 2. The molecule has 10 nitrogen and oxygen atoms in total. The Balaban J connectivity index is 1.38. The first-order valence-corrected chi connectivity index (χ1v) is 12.0. The Morgan fingerprint density at radius 1 is 1.22 bits per heavy atom. The molecule has 3 heterocycles. The lowest BCUT2D eigenvalue weighted by molar-refractivity contribution is -0.144. The molecule has 10 heteroatoms. The van der Waals surface area contributed by atoms with Crippen LogP contribution in [0.5, 0.6) is 5.75 Å². The molecular weight excluding hydrogens is 460 g/mol. The van der Waals surface area contributed by atoms with Gasteiger partial charge in [-0.1, -0.05) is 12.1 Å². The van der Waals surface area contributed by atoms with Crippen molar-refractivity contribution in [3.63, 3.8) is 0 Å². The number of para-hydroxylation sites is 1. The highest BCUT2D eigenvalue weighted by Crippen LogP contribution is 2.47. The predicted octanol–water partition coefficient (Wildman–Crippen LogP) is 3.72. The van der Waals surface area contributed by atoms with Crippen molar-refractivity contribution < 1.29 is 19.4 Å². The largest absolute Gasteiger partial charge is 0.495 e. The fraction of sp³-hybridized carbons (Fsp3) is 0.346. The van der Waals surface area contributed by atoms with E-state index in [2.05, 4.69) is 15.4 Å². The van der Waals surface area contributed by atoms with Crippen molar-refractivity contribution in [3.8, 4) is 28.1 Å². The Morgan fingerprint density at radius 3 is 2.69 bits per heavy atom. The van der Waals surface area contributed by atoms with Gasteiger partial charge in [-0.2, -0.15) is 10.2 Å². The van der Waals surface area contributed by atoms with Crippen molar-refractivity contribution in [2.75, 3.05) is 12.4 Å². The molecule has 0 spiro atoms. The fourth-order valence-corrected chi connectivity index (χ4v) is 4.66. The number of methoxy groups -OCH3 is 1. The molecule has 2 aliphatic rings. The number of aromatic nitrogens is 5. The number of hydrogen-bond acceptors (Lipinski definition) is 6. The van der Waals surface area contributed by atoms with Crippen LogP contribution in [0.3, 0.4) is 0 Å². The molecule has 4 aromatic rings. The van der Waals surface area contributed by atoms with E-state index in [0.717, 1.165) is 40.4 Å². The van der Waals surface area contributed by atoms with Gasteiger partial charge in [-0.3, -0.25) is 19.0 Å². The number of benzene rings is 1. The monoisotopic (exact) mass is 486 g/mol. The summed E-state index contributed by atoms with van der Waals surface area (Å²) in [7, 11) is 3.47. The maximum atomic E-state index is 12.3. The van der Waals surface area contributed by atoms with Gasteiger partial charge in [-0.15, -0.1) is 0 Å². The highest BCUT2D eigenvalue weighted by Gasteiger charge is 2.50. The lowest BCUT2D eigenvalue weighted by Crippen LogP contribution is -2.21. The van der Waals surface area contributed by atoms with E-state index in [0.29, 0.717) is 36.6 Å². The number of carbonyl (C=O) groups is 2. The quantitative estimate of drug-likeness (QED) is 0.389. The molecule has 0 saturated heterocycles. The molecule has 1 amide bonds. The van der Waals surface area contributed by atoms with Crippen LogP contribution in [0.4, 0.5) is 5.82 Å². The second-order valence-electron chi connectivity index (χ2n) is 9.72. The summed E-state index contributed by atoms with van der Waals surface area (Å²) >= 11 is 0. The highest BCUT2D eigenvalue weighted by molar-refractivity contribution is 6.00. The van der Waals surface area contributed by atoms with Crippen LogP contribution in [-0.2, 0) is 23.2 Å². The average molecular weight is 487 g/mol. The molecule has 36 heavy (non-hydrogen) atoms. The molecule has 2 fully saturated rings. The first-order chi connectivity index (χ1) is 17.4. The van der Waals surface area contributed by atoms with E-state index < -0.39 is 11.4 Å². The summed E-state index contributed by atoms with van der Waals surface area (Å²) in [6.45, 7) is 0.345. The molecular formula is C26H26N6O4. The van der Waals surface area contributed by atoms with Crippen molar-refractivity contribution in [2.45, 2.75) is 32.2 Å². The van der Waals surface area contributed by atoms with Crippen LogP contribution in [0.1, 0.15) is 25.7 Å². The zero-order valence-electron chi connectivity index (χ0n) is 20.1. The van der Waals surface area contributed by atoms with Crippen LogP contribution in [-0.4, -0.2) is 48.6 Å². The molecule has 2 aliphatic carbocycles. The number of anilines is 1. The summed E-state index contributed by atoms with van der Waals surface area (Å²) in [6.07, 6.45) is 8.48. The highest BCUT2D eigenvalue weighted by atomic mass is 16.5. The average Bonchev–Trinajstić information content (AvgIpc) is 3.79. The maximum Gasteiger partial charge on any atom is 0.311 e. The van der Waals surface area contributed by atoms with Crippen molar-refractivity contribution in [2.24, 2.45) is 18.4 Å². The number of carbonyl (C=O) groups excluding carboxylic acids is 1. The lowest BCUT2D eigenvalue weighted by atomic mass is 10.0. The lowest BCUT2D eigenvalue weighted by Gasteiger charge is -2.12. The minimum atomic E-state index is -0.775. The third-order valence-corrected chi connectivity index (χ3v) is 7.13. The molecule has 2 saturated carbocycles. The van der Waals surface area contributed by atoms with Gasteiger partial charge in [0.25, 0.3) is 0 Å². The fourth-order valence-electron chi connectivity index (χ4n) is 4.66. The number of aryl methyl sites for hydroxylation is 1. The van der Waals surface area contributed by atoms with Gasteiger partial charge in [0.2, 0.25) is 5.91 Å². The minimum Gasteiger partial charge on any atom is -0.495 e. The predicted molar refractivity (Wildman–Crippen MR) is 132 cm³/mol. The number of ether oxygens (including phenoxy) is 1. The summed E-state index contributed by atoms with van der Waals surface area (Å²) in [4.78, 5) is 28.3.